The average Bonchev–Trinajstić information content (AvgIpc) is 3.19. The molecule has 0 bridgehead atoms. The zero-order chi connectivity index (χ0) is 14.8. The minimum Gasteiger partial charge on any atom is -0.416 e. The largest absolute Gasteiger partial charge is 0.416 e. The molecule has 7 heteroatoms. The van der Waals surface area contributed by atoms with Crippen molar-refractivity contribution in [3.63, 3.8) is 0 Å². The number of benzene rings is 1. The Bertz CT molecular complexity index is 657. The van der Waals surface area contributed by atoms with Gasteiger partial charge in [0.2, 0.25) is 11.8 Å². The van der Waals surface area contributed by atoms with E-state index in [1.54, 1.807) is 19.1 Å². The van der Waals surface area contributed by atoms with Crippen LogP contribution in [0.1, 0.15) is 31.6 Å². The van der Waals surface area contributed by atoms with Gasteiger partial charge >= 0.3 is 0 Å². The van der Waals surface area contributed by atoms with Crippen LogP contribution in [0.3, 0.4) is 0 Å². The molecular formula is C14H14FN3O2S. The minimum atomic E-state index is -0.416. The van der Waals surface area contributed by atoms with Crippen molar-refractivity contribution in [1.29, 1.82) is 0 Å². The number of carbonyl (C=O) groups excluding carboxylic acids is 1. The molecule has 110 valence electrons. The van der Waals surface area contributed by atoms with Crippen molar-refractivity contribution >= 4 is 23.4 Å². The van der Waals surface area contributed by atoms with Crippen molar-refractivity contribution in [2.45, 2.75) is 36.2 Å². The highest BCUT2D eigenvalue weighted by molar-refractivity contribution is 8.00. The maximum Gasteiger partial charge on any atom is 0.277 e. The summed E-state index contributed by atoms with van der Waals surface area (Å²) < 4.78 is 18.6. The number of anilines is 1. The molecule has 0 unspecified atom stereocenters. The average molecular weight is 307 g/mol. The predicted octanol–water partition coefficient (Wildman–Crippen LogP) is 3.21. The van der Waals surface area contributed by atoms with Gasteiger partial charge in [0.15, 0.2) is 0 Å². The fourth-order valence-corrected chi connectivity index (χ4v) is 2.47. The number of halogens is 1. The highest BCUT2D eigenvalue weighted by Crippen LogP contribution is 2.40. The molecule has 2 aromatic rings. The number of carbonyl (C=O) groups is 1. The molecule has 3 rings (SSSR count). The molecule has 0 radical (unpaired) electrons. The van der Waals surface area contributed by atoms with E-state index in [2.05, 4.69) is 15.5 Å². The zero-order valence-corrected chi connectivity index (χ0v) is 12.2. The molecule has 1 aromatic heterocycles. The summed E-state index contributed by atoms with van der Waals surface area (Å²) in [5, 5.41) is 10.5. The summed E-state index contributed by atoms with van der Waals surface area (Å²) in [6, 6.07) is 5.78. The Morgan fingerprint density at radius 1 is 1.48 bits per heavy atom. The normalized spacial score (nSPS) is 15.7. The monoisotopic (exact) mass is 307 g/mol. The van der Waals surface area contributed by atoms with Gasteiger partial charge in [-0.05, 0) is 38.0 Å². The van der Waals surface area contributed by atoms with Crippen molar-refractivity contribution in [1.82, 2.24) is 10.2 Å². The Hall–Kier alpha value is -1.89. The second kappa shape index (κ2) is 5.85. The van der Waals surface area contributed by atoms with Crippen LogP contribution in [-0.2, 0) is 4.79 Å². The summed E-state index contributed by atoms with van der Waals surface area (Å²) in [6.45, 7) is 1.74. The first-order chi connectivity index (χ1) is 10.1. The molecule has 1 heterocycles. The first-order valence-electron chi connectivity index (χ1n) is 6.68. The fourth-order valence-electron chi connectivity index (χ4n) is 1.78. The molecule has 1 fully saturated rings. The third kappa shape index (κ3) is 3.60. The topological polar surface area (TPSA) is 68.0 Å². The maximum atomic E-state index is 13.1. The van der Waals surface area contributed by atoms with Gasteiger partial charge in [0.1, 0.15) is 5.82 Å². The van der Waals surface area contributed by atoms with Gasteiger partial charge in [0, 0.05) is 11.6 Å². The molecule has 0 aliphatic heterocycles. The van der Waals surface area contributed by atoms with Crippen molar-refractivity contribution < 1.29 is 13.6 Å². The van der Waals surface area contributed by atoms with Crippen LogP contribution in [-0.4, -0.2) is 21.4 Å². The van der Waals surface area contributed by atoms with Gasteiger partial charge in [-0.15, -0.1) is 10.2 Å². The standard InChI is InChI=1S/C14H14FN3O2S/c1-8(12(19)16-11-4-2-3-10(15)7-11)21-14-18-17-13(20-14)9-5-6-9/h2-4,7-9H,5-6H2,1H3,(H,16,19)/t8-/m1/s1. The molecule has 0 spiro atoms. The van der Waals surface area contributed by atoms with E-state index < -0.39 is 5.25 Å². The Kier molecular flexibility index (Phi) is 3.92. The number of amides is 1. The van der Waals surface area contributed by atoms with Crippen LogP contribution < -0.4 is 5.32 Å². The SMILES string of the molecule is C[C@@H](Sc1nnc(C2CC2)o1)C(=O)Nc1cccc(F)c1. The van der Waals surface area contributed by atoms with E-state index in [-0.39, 0.29) is 11.7 Å². The number of nitrogens with zero attached hydrogens (tertiary/aromatic N) is 2. The van der Waals surface area contributed by atoms with Crippen LogP contribution in [0.2, 0.25) is 0 Å². The second-order valence-electron chi connectivity index (χ2n) is 4.94. The molecule has 1 aliphatic carbocycles. The summed E-state index contributed by atoms with van der Waals surface area (Å²) in [4.78, 5) is 12.0. The number of hydrogen-bond acceptors (Lipinski definition) is 5. The first-order valence-corrected chi connectivity index (χ1v) is 7.56. The van der Waals surface area contributed by atoms with E-state index in [1.807, 2.05) is 0 Å². The molecule has 21 heavy (non-hydrogen) atoms. The molecule has 1 N–H and O–H groups in total. The lowest BCUT2D eigenvalue weighted by Crippen LogP contribution is -2.22. The Morgan fingerprint density at radius 2 is 2.29 bits per heavy atom. The van der Waals surface area contributed by atoms with Crippen LogP contribution in [0.5, 0.6) is 0 Å². The van der Waals surface area contributed by atoms with Crippen molar-refractivity contribution in [3.05, 3.63) is 36.0 Å². The summed E-state index contributed by atoms with van der Waals surface area (Å²) in [5.74, 6) is 0.411. The van der Waals surface area contributed by atoms with Gasteiger partial charge in [-0.25, -0.2) is 4.39 Å². The predicted molar refractivity (Wildman–Crippen MR) is 76.6 cm³/mol. The van der Waals surface area contributed by atoms with E-state index in [1.165, 1.54) is 23.9 Å². The number of thioether (sulfide) groups is 1. The summed E-state index contributed by atoms with van der Waals surface area (Å²) in [6.07, 6.45) is 2.17. The van der Waals surface area contributed by atoms with E-state index in [0.29, 0.717) is 22.7 Å². The molecule has 1 saturated carbocycles. The van der Waals surface area contributed by atoms with Gasteiger partial charge in [-0.1, -0.05) is 17.8 Å². The Labute approximate surface area is 125 Å². The summed E-state index contributed by atoms with van der Waals surface area (Å²) in [7, 11) is 0. The van der Waals surface area contributed by atoms with E-state index in [9.17, 15) is 9.18 Å². The number of aromatic nitrogens is 2. The third-order valence-electron chi connectivity index (χ3n) is 3.09. The Morgan fingerprint density at radius 3 is 3.00 bits per heavy atom. The zero-order valence-electron chi connectivity index (χ0n) is 11.4. The minimum absolute atomic E-state index is 0.239. The van der Waals surface area contributed by atoms with Crippen LogP contribution in [0.25, 0.3) is 0 Å². The molecule has 1 aliphatic rings. The van der Waals surface area contributed by atoms with Crippen LogP contribution in [0, 0.1) is 5.82 Å². The van der Waals surface area contributed by atoms with Gasteiger partial charge < -0.3 is 9.73 Å². The lowest BCUT2D eigenvalue weighted by Gasteiger charge is -2.09. The van der Waals surface area contributed by atoms with Crippen LogP contribution in [0.15, 0.2) is 33.9 Å². The van der Waals surface area contributed by atoms with E-state index in [0.717, 1.165) is 12.8 Å². The molecule has 1 atom stereocenters. The quantitative estimate of drug-likeness (QED) is 0.859. The smallest absolute Gasteiger partial charge is 0.277 e. The van der Waals surface area contributed by atoms with Gasteiger partial charge in [-0.3, -0.25) is 4.79 Å². The van der Waals surface area contributed by atoms with E-state index >= 15 is 0 Å². The van der Waals surface area contributed by atoms with Crippen molar-refractivity contribution in [2.24, 2.45) is 0 Å². The molecule has 5 nitrogen and oxygen atoms in total. The third-order valence-corrected chi connectivity index (χ3v) is 4.02. The molecule has 1 amide bonds. The first kappa shape index (κ1) is 14.1. The second-order valence-corrected chi connectivity index (χ2v) is 6.23. The van der Waals surface area contributed by atoms with E-state index in [4.69, 9.17) is 4.42 Å². The van der Waals surface area contributed by atoms with Crippen LogP contribution >= 0.6 is 11.8 Å². The lowest BCUT2D eigenvalue weighted by molar-refractivity contribution is -0.115. The number of rotatable bonds is 5. The number of hydrogen-bond donors (Lipinski definition) is 1. The molecule has 0 saturated heterocycles. The van der Waals surface area contributed by atoms with Crippen molar-refractivity contribution in [3.8, 4) is 0 Å². The van der Waals surface area contributed by atoms with Gasteiger partial charge in [0.25, 0.3) is 5.22 Å². The highest BCUT2D eigenvalue weighted by Gasteiger charge is 2.30. The number of nitrogens with one attached hydrogen (secondary N) is 1. The van der Waals surface area contributed by atoms with Gasteiger partial charge in [-0.2, -0.15) is 0 Å². The van der Waals surface area contributed by atoms with Gasteiger partial charge in [0.05, 0.1) is 5.25 Å². The molecular weight excluding hydrogens is 293 g/mol. The highest BCUT2D eigenvalue weighted by atomic mass is 32.2. The van der Waals surface area contributed by atoms with Crippen molar-refractivity contribution in [2.75, 3.05) is 5.32 Å². The molecule has 1 aromatic carbocycles. The Balaban J connectivity index is 1.58. The fraction of sp³-hybridized carbons (Fsp3) is 0.357. The van der Waals surface area contributed by atoms with Crippen LogP contribution in [0.4, 0.5) is 10.1 Å². The summed E-state index contributed by atoms with van der Waals surface area (Å²) >= 11 is 1.20. The maximum absolute atomic E-state index is 13.1. The lowest BCUT2D eigenvalue weighted by atomic mass is 10.3. The summed E-state index contributed by atoms with van der Waals surface area (Å²) in [5.41, 5.74) is 0.427.